The predicted octanol–water partition coefficient (Wildman–Crippen LogP) is 4.06. The van der Waals surface area contributed by atoms with Crippen molar-refractivity contribution < 1.29 is 4.79 Å². The first-order valence-corrected chi connectivity index (χ1v) is 9.01. The highest BCUT2D eigenvalue weighted by atomic mass is 32.2. The van der Waals surface area contributed by atoms with Gasteiger partial charge in [-0.2, -0.15) is 0 Å². The molecule has 1 aliphatic carbocycles. The number of hydrogen-bond donors (Lipinski definition) is 1. The molecule has 1 saturated carbocycles. The highest BCUT2D eigenvalue weighted by Gasteiger charge is 2.20. The molecule has 1 heterocycles. The van der Waals surface area contributed by atoms with Gasteiger partial charge in [0, 0.05) is 10.7 Å². The molecule has 0 spiro atoms. The van der Waals surface area contributed by atoms with E-state index in [1.807, 2.05) is 0 Å². The molecule has 0 aromatic carbocycles. The van der Waals surface area contributed by atoms with Crippen LogP contribution < -0.4 is 5.32 Å². The molecule has 112 valence electrons. The second kappa shape index (κ2) is 6.89. The van der Waals surface area contributed by atoms with Crippen LogP contribution in [0.25, 0.3) is 0 Å². The summed E-state index contributed by atoms with van der Waals surface area (Å²) in [6.45, 7) is 6.32. The first-order valence-electron chi connectivity index (χ1n) is 7.21. The number of anilines is 1. The Morgan fingerprint density at radius 1 is 1.30 bits per heavy atom. The maximum Gasteiger partial charge on any atom is 0.236 e. The van der Waals surface area contributed by atoms with E-state index in [0.717, 1.165) is 5.01 Å². The molecule has 0 unspecified atom stereocenters. The maximum absolute atomic E-state index is 11.9. The lowest BCUT2D eigenvalue weighted by molar-refractivity contribution is -0.113. The van der Waals surface area contributed by atoms with Crippen molar-refractivity contribution >= 4 is 34.1 Å². The third-order valence-corrected chi connectivity index (χ3v) is 5.55. The summed E-state index contributed by atoms with van der Waals surface area (Å²) in [7, 11) is 0. The third kappa shape index (κ3) is 5.05. The van der Waals surface area contributed by atoms with Crippen LogP contribution in [0.4, 0.5) is 5.13 Å². The maximum atomic E-state index is 11.9. The zero-order valence-corrected chi connectivity index (χ0v) is 14.1. The molecular weight excluding hydrogens is 290 g/mol. The molecule has 0 bridgehead atoms. The van der Waals surface area contributed by atoms with Crippen molar-refractivity contribution in [2.45, 2.75) is 63.5 Å². The van der Waals surface area contributed by atoms with Gasteiger partial charge >= 0.3 is 0 Å². The van der Waals surface area contributed by atoms with Gasteiger partial charge in [-0.1, -0.05) is 51.4 Å². The van der Waals surface area contributed by atoms with Gasteiger partial charge < -0.3 is 0 Å². The predicted molar refractivity (Wildman–Crippen MR) is 86.6 cm³/mol. The molecule has 1 amide bonds. The van der Waals surface area contributed by atoms with Gasteiger partial charge in [-0.25, -0.2) is 0 Å². The van der Waals surface area contributed by atoms with Crippen LogP contribution in [0.15, 0.2) is 0 Å². The van der Waals surface area contributed by atoms with E-state index in [9.17, 15) is 4.79 Å². The average molecular weight is 313 g/mol. The van der Waals surface area contributed by atoms with Gasteiger partial charge in [0.15, 0.2) is 0 Å². The van der Waals surface area contributed by atoms with Gasteiger partial charge in [-0.3, -0.25) is 10.1 Å². The van der Waals surface area contributed by atoms with Gasteiger partial charge in [-0.15, -0.1) is 22.0 Å². The molecule has 20 heavy (non-hydrogen) atoms. The number of aromatic nitrogens is 2. The van der Waals surface area contributed by atoms with Crippen molar-refractivity contribution in [3.8, 4) is 0 Å². The molecule has 6 heteroatoms. The molecule has 1 aliphatic rings. The Labute approximate surface area is 129 Å². The summed E-state index contributed by atoms with van der Waals surface area (Å²) in [5, 5.41) is 12.9. The summed E-state index contributed by atoms with van der Waals surface area (Å²) < 4.78 is 0.103. The second-order valence-corrected chi connectivity index (χ2v) is 9.04. The Morgan fingerprint density at radius 2 is 2.00 bits per heavy atom. The Morgan fingerprint density at radius 3 is 2.65 bits per heavy atom. The fourth-order valence-corrected chi connectivity index (χ4v) is 3.80. The SMILES string of the molecule is CC(C)(C)SCC(=O)Nc1nnc(C2CCCCC2)s1. The monoisotopic (exact) mass is 313 g/mol. The van der Waals surface area contributed by atoms with Crippen LogP contribution >= 0.6 is 23.1 Å². The number of carbonyl (C=O) groups excluding carboxylic acids is 1. The third-order valence-electron chi connectivity index (χ3n) is 3.28. The van der Waals surface area contributed by atoms with Gasteiger partial charge in [0.25, 0.3) is 0 Å². The molecule has 0 aliphatic heterocycles. The van der Waals surface area contributed by atoms with Crippen molar-refractivity contribution in [2.24, 2.45) is 0 Å². The van der Waals surface area contributed by atoms with Crippen molar-refractivity contribution in [1.29, 1.82) is 0 Å². The Bertz CT molecular complexity index is 448. The van der Waals surface area contributed by atoms with E-state index in [4.69, 9.17) is 0 Å². The van der Waals surface area contributed by atoms with Gasteiger partial charge in [0.1, 0.15) is 5.01 Å². The average Bonchev–Trinajstić information content (AvgIpc) is 2.85. The lowest BCUT2D eigenvalue weighted by Crippen LogP contribution is -2.18. The number of nitrogens with zero attached hydrogens (tertiary/aromatic N) is 2. The van der Waals surface area contributed by atoms with Crippen LogP contribution in [-0.4, -0.2) is 26.6 Å². The van der Waals surface area contributed by atoms with Crippen molar-refractivity contribution in [3.05, 3.63) is 5.01 Å². The lowest BCUT2D eigenvalue weighted by atomic mass is 9.90. The number of amides is 1. The van der Waals surface area contributed by atoms with Crippen LogP contribution in [-0.2, 0) is 4.79 Å². The topological polar surface area (TPSA) is 54.9 Å². The first kappa shape index (κ1) is 15.8. The number of carbonyl (C=O) groups is 1. The minimum absolute atomic E-state index is 0.0104. The molecule has 1 N–H and O–H groups in total. The van der Waals surface area contributed by atoms with Crippen LogP contribution in [0.5, 0.6) is 0 Å². The highest BCUT2D eigenvalue weighted by Crippen LogP contribution is 2.35. The van der Waals surface area contributed by atoms with Crippen molar-refractivity contribution in [2.75, 3.05) is 11.1 Å². The fourth-order valence-electron chi connectivity index (χ4n) is 2.24. The summed E-state index contributed by atoms with van der Waals surface area (Å²) >= 11 is 3.18. The minimum Gasteiger partial charge on any atom is -0.300 e. The van der Waals surface area contributed by atoms with E-state index < -0.39 is 0 Å². The van der Waals surface area contributed by atoms with Gasteiger partial charge in [0.05, 0.1) is 5.75 Å². The normalized spacial score (nSPS) is 17.1. The van der Waals surface area contributed by atoms with Crippen LogP contribution in [0.3, 0.4) is 0 Å². The Kier molecular flexibility index (Phi) is 5.43. The van der Waals surface area contributed by atoms with Crippen molar-refractivity contribution in [3.63, 3.8) is 0 Å². The number of hydrogen-bond acceptors (Lipinski definition) is 5. The van der Waals surface area contributed by atoms with E-state index in [2.05, 4.69) is 36.3 Å². The molecule has 1 fully saturated rings. The summed E-state index contributed by atoms with van der Waals surface area (Å²) in [4.78, 5) is 11.9. The molecule has 0 radical (unpaired) electrons. The molecule has 0 atom stereocenters. The molecule has 0 saturated heterocycles. The zero-order chi connectivity index (χ0) is 14.6. The lowest BCUT2D eigenvalue weighted by Gasteiger charge is -2.18. The molecule has 2 rings (SSSR count). The van der Waals surface area contributed by atoms with Crippen molar-refractivity contribution in [1.82, 2.24) is 10.2 Å². The summed E-state index contributed by atoms with van der Waals surface area (Å²) in [6.07, 6.45) is 6.33. The Hall–Kier alpha value is -0.620. The van der Waals surface area contributed by atoms with Gasteiger partial charge in [-0.05, 0) is 12.8 Å². The smallest absolute Gasteiger partial charge is 0.236 e. The highest BCUT2D eigenvalue weighted by molar-refractivity contribution is 8.01. The van der Waals surface area contributed by atoms with E-state index in [1.54, 1.807) is 11.8 Å². The molecule has 4 nitrogen and oxygen atoms in total. The second-order valence-electron chi connectivity index (χ2n) is 6.23. The standard InChI is InChI=1S/C14H23N3OS2/c1-14(2,3)19-9-11(18)15-13-17-16-12(20-13)10-7-5-4-6-8-10/h10H,4-9H2,1-3H3,(H,15,17,18). The molecule has 1 aromatic rings. The van der Waals surface area contributed by atoms with Crippen LogP contribution in [0.2, 0.25) is 0 Å². The van der Waals surface area contributed by atoms with Gasteiger partial charge in [0.2, 0.25) is 11.0 Å². The molecule has 1 aromatic heterocycles. The van der Waals surface area contributed by atoms with E-state index in [0.29, 0.717) is 16.8 Å². The van der Waals surface area contributed by atoms with Crippen LogP contribution in [0, 0.1) is 0 Å². The Balaban J connectivity index is 1.84. The quantitative estimate of drug-likeness (QED) is 0.911. The number of rotatable bonds is 4. The van der Waals surface area contributed by atoms with E-state index in [1.165, 1.54) is 43.4 Å². The van der Waals surface area contributed by atoms with Crippen LogP contribution in [0.1, 0.15) is 63.8 Å². The molecular formula is C14H23N3OS2. The first-order chi connectivity index (χ1) is 9.44. The summed E-state index contributed by atoms with van der Waals surface area (Å²) in [6, 6.07) is 0. The summed E-state index contributed by atoms with van der Waals surface area (Å²) in [5.74, 6) is 1.02. The fraction of sp³-hybridized carbons (Fsp3) is 0.786. The zero-order valence-electron chi connectivity index (χ0n) is 12.4. The number of nitrogens with one attached hydrogen (secondary N) is 1. The van der Waals surface area contributed by atoms with E-state index in [-0.39, 0.29) is 10.7 Å². The minimum atomic E-state index is 0.0104. The number of thioether (sulfide) groups is 1. The van der Waals surface area contributed by atoms with E-state index >= 15 is 0 Å². The largest absolute Gasteiger partial charge is 0.300 e. The summed E-state index contributed by atoms with van der Waals surface area (Å²) in [5.41, 5.74) is 0.